The van der Waals surface area contributed by atoms with E-state index in [4.69, 9.17) is 21.7 Å². The Labute approximate surface area is 200 Å². The minimum atomic E-state index is -1.72. The van der Waals surface area contributed by atoms with Gasteiger partial charge in [0, 0.05) is 24.7 Å². The number of aromatic amines is 1. The Kier molecular flexibility index (Phi) is 11.3. The summed E-state index contributed by atoms with van der Waals surface area (Å²) in [6, 6.07) is -5.34. The summed E-state index contributed by atoms with van der Waals surface area (Å²) >= 11 is 0. The van der Waals surface area contributed by atoms with E-state index in [-0.39, 0.29) is 19.3 Å². The van der Waals surface area contributed by atoms with E-state index in [1.807, 2.05) is 0 Å². The van der Waals surface area contributed by atoms with Crippen molar-refractivity contribution in [3.8, 4) is 0 Å². The fourth-order valence-electron chi connectivity index (χ4n) is 2.99. The normalized spacial score (nSPS) is 14.3. The Balaban J connectivity index is 2.95. The van der Waals surface area contributed by atoms with Crippen molar-refractivity contribution in [2.45, 2.75) is 63.7 Å². The number of carboxylic acid groups (broad SMARTS) is 2. The molecule has 0 fully saturated rings. The van der Waals surface area contributed by atoms with Crippen molar-refractivity contribution in [1.82, 2.24) is 25.9 Å². The van der Waals surface area contributed by atoms with Crippen LogP contribution < -0.4 is 27.4 Å². The van der Waals surface area contributed by atoms with Crippen molar-refractivity contribution in [2.75, 3.05) is 0 Å². The molecule has 0 radical (unpaired) electrons. The van der Waals surface area contributed by atoms with E-state index in [1.165, 1.54) is 12.5 Å². The van der Waals surface area contributed by atoms with Gasteiger partial charge in [-0.1, -0.05) is 13.8 Å². The van der Waals surface area contributed by atoms with Gasteiger partial charge in [0.15, 0.2) is 0 Å². The Morgan fingerprint density at radius 1 is 1.00 bits per heavy atom. The summed E-state index contributed by atoms with van der Waals surface area (Å²) in [7, 11) is 0. The zero-order chi connectivity index (χ0) is 26.7. The molecule has 4 atom stereocenters. The number of carboxylic acids is 2. The van der Waals surface area contributed by atoms with E-state index in [0.29, 0.717) is 5.69 Å². The third-order valence-corrected chi connectivity index (χ3v) is 4.88. The number of hydrogen-bond acceptors (Lipinski definition) is 8. The van der Waals surface area contributed by atoms with E-state index in [9.17, 15) is 28.8 Å². The minimum absolute atomic E-state index is 0.0904. The number of nitrogens with two attached hydrogens (primary N) is 2. The summed E-state index contributed by atoms with van der Waals surface area (Å²) in [5.41, 5.74) is 11.6. The maximum Gasteiger partial charge on any atom is 0.326 e. The molecule has 0 aromatic carbocycles. The lowest BCUT2D eigenvalue weighted by atomic mass is 10.0. The summed E-state index contributed by atoms with van der Waals surface area (Å²) in [5.74, 6) is -6.76. The number of primary amides is 1. The smallest absolute Gasteiger partial charge is 0.326 e. The SMILES string of the molecule is CC(C)C(NC(=O)C(CCC(N)=O)NC(=O)C(N)Cc1cnc[nH]1)C(=O)NC(CC(=O)O)C(=O)O. The highest BCUT2D eigenvalue weighted by Crippen LogP contribution is 2.07. The summed E-state index contributed by atoms with van der Waals surface area (Å²) in [5, 5.41) is 24.9. The summed E-state index contributed by atoms with van der Waals surface area (Å²) < 4.78 is 0. The Morgan fingerprint density at radius 2 is 1.63 bits per heavy atom. The third kappa shape index (κ3) is 10.2. The molecule has 0 bridgehead atoms. The second kappa shape index (κ2) is 13.6. The topological polar surface area (TPSA) is 260 Å². The Bertz CT molecular complexity index is 919. The maximum absolute atomic E-state index is 12.9. The second-order valence-electron chi connectivity index (χ2n) is 8.18. The number of aliphatic carboxylic acids is 2. The highest BCUT2D eigenvalue weighted by atomic mass is 16.4. The van der Waals surface area contributed by atoms with Crippen molar-refractivity contribution in [3.05, 3.63) is 18.2 Å². The van der Waals surface area contributed by atoms with Gasteiger partial charge in [0.1, 0.15) is 18.1 Å². The quantitative estimate of drug-likeness (QED) is 0.123. The van der Waals surface area contributed by atoms with Gasteiger partial charge in [-0.15, -0.1) is 0 Å². The molecule has 1 heterocycles. The predicted octanol–water partition coefficient (Wildman–Crippen LogP) is -2.79. The molecule has 0 aliphatic carbocycles. The third-order valence-electron chi connectivity index (χ3n) is 4.88. The number of nitrogens with one attached hydrogen (secondary N) is 4. The van der Waals surface area contributed by atoms with Crippen LogP contribution in [0.5, 0.6) is 0 Å². The van der Waals surface area contributed by atoms with Crippen molar-refractivity contribution in [2.24, 2.45) is 17.4 Å². The molecule has 0 aliphatic heterocycles. The molecule has 10 N–H and O–H groups in total. The zero-order valence-electron chi connectivity index (χ0n) is 19.3. The molecule has 1 aromatic rings. The van der Waals surface area contributed by atoms with Crippen LogP contribution in [0.25, 0.3) is 0 Å². The van der Waals surface area contributed by atoms with Crippen LogP contribution in [0, 0.1) is 5.92 Å². The molecule has 0 saturated carbocycles. The molecule has 15 nitrogen and oxygen atoms in total. The van der Waals surface area contributed by atoms with Crippen LogP contribution in [-0.4, -0.2) is 79.9 Å². The number of carbonyl (C=O) groups is 6. The Morgan fingerprint density at radius 3 is 2.11 bits per heavy atom. The number of rotatable bonds is 15. The zero-order valence-corrected chi connectivity index (χ0v) is 19.3. The van der Waals surface area contributed by atoms with E-state index in [0.717, 1.165) is 0 Å². The first-order valence-electron chi connectivity index (χ1n) is 10.7. The van der Waals surface area contributed by atoms with Gasteiger partial charge >= 0.3 is 11.9 Å². The van der Waals surface area contributed by atoms with Gasteiger partial charge < -0.3 is 42.6 Å². The van der Waals surface area contributed by atoms with Crippen LogP contribution in [0.4, 0.5) is 0 Å². The molecule has 1 aromatic heterocycles. The lowest BCUT2D eigenvalue weighted by Crippen LogP contribution is -2.58. The van der Waals surface area contributed by atoms with E-state index in [2.05, 4.69) is 25.9 Å². The molecule has 15 heteroatoms. The number of nitrogens with zero attached hydrogens (tertiary/aromatic N) is 1. The molecule has 35 heavy (non-hydrogen) atoms. The lowest BCUT2D eigenvalue weighted by Gasteiger charge is -2.26. The van der Waals surface area contributed by atoms with Crippen LogP contribution in [0.3, 0.4) is 0 Å². The Hall–Kier alpha value is -4.01. The second-order valence-corrected chi connectivity index (χ2v) is 8.18. The van der Waals surface area contributed by atoms with E-state index in [1.54, 1.807) is 13.8 Å². The van der Waals surface area contributed by atoms with Crippen LogP contribution in [-0.2, 0) is 35.2 Å². The predicted molar refractivity (Wildman–Crippen MR) is 119 cm³/mol. The minimum Gasteiger partial charge on any atom is -0.481 e. The van der Waals surface area contributed by atoms with Gasteiger partial charge in [-0.2, -0.15) is 0 Å². The van der Waals surface area contributed by atoms with Gasteiger partial charge in [-0.05, 0) is 12.3 Å². The molecule has 0 saturated heterocycles. The van der Waals surface area contributed by atoms with Crippen molar-refractivity contribution in [3.63, 3.8) is 0 Å². The molecule has 4 unspecified atom stereocenters. The maximum atomic E-state index is 12.9. The van der Waals surface area contributed by atoms with Gasteiger partial charge in [-0.25, -0.2) is 9.78 Å². The summed E-state index contributed by atoms with van der Waals surface area (Å²) in [4.78, 5) is 78.1. The molecule has 194 valence electrons. The molecular weight excluding hydrogens is 466 g/mol. The van der Waals surface area contributed by atoms with E-state index < -0.39 is 72.1 Å². The number of imidazole rings is 1. The first-order valence-corrected chi connectivity index (χ1v) is 10.7. The van der Waals surface area contributed by atoms with E-state index >= 15 is 0 Å². The fourth-order valence-corrected chi connectivity index (χ4v) is 2.99. The largest absolute Gasteiger partial charge is 0.481 e. The number of aromatic nitrogens is 2. The number of H-pyrrole nitrogens is 1. The monoisotopic (exact) mass is 497 g/mol. The highest BCUT2D eigenvalue weighted by molar-refractivity contribution is 5.95. The number of hydrogen-bond donors (Lipinski definition) is 8. The van der Waals surface area contributed by atoms with Crippen LogP contribution in [0.15, 0.2) is 12.5 Å². The average molecular weight is 498 g/mol. The van der Waals surface area contributed by atoms with Crippen molar-refractivity contribution in [1.29, 1.82) is 0 Å². The summed E-state index contributed by atoms with van der Waals surface area (Å²) in [6.45, 7) is 3.13. The first kappa shape index (κ1) is 29.0. The van der Waals surface area contributed by atoms with Crippen molar-refractivity contribution >= 4 is 35.6 Å². The summed E-state index contributed by atoms with van der Waals surface area (Å²) in [6.07, 6.45) is 1.66. The van der Waals surface area contributed by atoms with Crippen LogP contribution in [0.2, 0.25) is 0 Å². The molecule has 1 rings (SSSR count). The first-order chi connectivity index (χ1) is 16.3. The standard InChI is InChI=1S/C20H31N7O8/c1-9(2)16(19(33)26-13(20(34)35)6-15(29)30)27-18(32)12(3-4-14(22)28)25-17(31)11(21)5-10-7-23-8-24-10/h7-9,11-13,16H,3-6,21H2,1-2H3,(H2,22,28)(H,23,24)(H,25,31)(H,26,33)(H,27,32)(H,29,30)(H,34,35). The highest BCUT2D eigenvalue weighted by Gasteiger charge is 2.32. The van der Waals surface area contributed by atoms with Gasteiger partial charge in [0.05, 0.1) is 18.8 Å². The number of amides is 4. The molecular formula is C20H31N7O8. The lowest BCUT2D eigenvalue weighted by molar-refractivity contribution is -0.147. The molecule has 0 aliphatic rings. The molecule has 4 amide bonds. The van der Waals surface area contributed by atoms with Crippen LogP contribution in [0.1, 0.15) is 38.8 Å². The van der Waals surface area contributed by atoms with Crippen LogP contribution >= 0.6 is 0 Å². The fraction of sp³-hybridized carbons (Fsp3) is 0.550. The average Bonchev–Trinajstić information content (AvgIpc) is 3.26. The van der Waals surface area contributed by atoms with Gasteiger partial charge in [-0.3, -0.25) is 24.0 Å². The van der Waals surface area contributed by atoms with Gasteiger partial charge in [0.2, 0.25) is 23.6 Å². The number of carbonyl (C=O) groups excluding carboxylic acids is 4. The van der Waals surface area contributed by atoms with Crippen molar-refractivity contribution < 1.29 is 39.0 Å². The molecule has 0 spiro atoms. The van der Waals surface area contributed by atoms with Gasteiger partial charge in [0.25, 0.3) is 0 Å².